The van der Waals surface area contributed by atoms with E-state index >= 15 is 0 Å². The van der Waals surface area contributed by atoms with Crippen LogP contribution in [0.5, 0.6) is 0 Å². The van der Waals surface area contributed by atoms with Gasteiger partial charge in [0.15, 0.2) is 0 Å². The van der Waals surface area contributed by atoms with Crippen LogP contribution in [-0.4, -0.2) is 36.5 Å². The molecule has 0 saturated carbocycles. The molecule has 25 heavy (non-hydrogen) atoms. The van der Waals surface area contributed by atoms with Crippen molar-refractivity contribution in [2.24, 2.45) is 0 Å². The van der Waals surface area contributed by atoms with Gasteiger partial charge in [-0.15, -0.1) is 0 Å². The first-order chi connectivity index (χ1) is 12.0. The number of aromatic carboxylic acids is 1. The van der Waals surface area contributed by atoms with Gasteiger partial charge in [0.1, 0.15) is 6.54 Å². The van der Waals surface area contributed by atoms with Crippen molar-refractivity contribution in [2.75, 3.05) is 5.32 Å². The number of nitrogens with one attached hydrogen (secondary N) is 1. The van der Waals surface area contributed by atoms with Crippen LogP contribution < -0.4 is 5.32 Å². The first-order valence-corrected chi connectivity index (χ1v) is 7.63. The van der Waals surface area contributed by atoms with Crippen molar-refractivity contribution >= 4 is 17.6 Å². The molecule has 0 aliphatic carbocycles. The second-order valence-corrected chi connectivity index (χ2v) is 5.69. The fraction of sp³-hybridized carbons (Fsp3) is 0.176. The summed E-state index contributed by atoms with van der Waals surface area (Å²) < 4.78 is 3.01. The van der Waals surface area contributed by atoms with E-state index in [1.54, 1.807) is 17.1 Å². The largest absolute Gasteiger partial charge is 0.478 e. The molecular formula is C17H17N5O3. The molecule has 8 nitrogen and oxygen atoms in total. The van der Waals surface area contributed by atoms with E-state index in [1.807, 2.05) is 31.2 Å². The number of carboxylic acid groups (broad SMARTS) is 1. The first kappa shape index (κ1) is 16.4. The van der Waals surface area contributed by atoms with Gasteiger partial charge in [-0.05, 0) is 12.5 Å². The summed E-state index contributed by atoms with van der Waals surface area (Å²) >= 11 is 0. The van der Waals surface area contributed by atoms with Gasteiger partial charge in [0.2, 0.25) is 5.91 Å². The van der Waals surface area contributed by atoms with Gasteiger partial charge in [0, 0.05) is 12.4 Å². The highest BCUT2D eigenvalue weighted by molar-refractivity contribution is 5.90. The predicted octanol–water partition coefficient (Wildman–Crippen LogP) is 1.77. The molecule has 0 aliphatic rings. The Balaban J connectivity index is 1.57. The van der Waals surface area contributed by atoms with E-state index in [0.29, 0.717) is 12.2 Å². The van der Waals surface area contributed by atoms with E-state index in [-0.39, 0.29) is 18.0 Å². The Bertz CT molecular complexity index is 895. The molecular weight excluding hydrogens is 322 g/mol. The van der Waals surface area contributed by atoms with E-state index in [2.05, 4.69) is 15.5 Å². The number of carbonyl (C=O) groups excluding carboxylic acids is 1. The predicted molar refractivity (Wildman–Crippen MR) is 90.3 cm³/mol. The van der Waals surface area contributed by atoms with Crippen molar-refractivity contribution in [3.05, 3.63) is 65.7 Å². The normalized spacial score (nSPS) is 10.6. The third-order valence-corrected chi connectivity index (χ3v) is 3.57. The number of aromatic nitrogens is 4. The highest BCUT2D eigenvalue weighted by Crippen LogP contribution is 2.09. The third-order valence-electron chi connectivity index (χ3n) is 3.57. The molecule has 0 bridgehead atoms. The van der Waals surface area contributed by atoms with Gasteiger partial charge in [0.05, 0.1) is 30.2 Å². The molecule has 3 aromatic rings. The molecule has 1 amide bonds. The summed E-state index contributed by atoms with van der Waals surface area (Å²) in [6, 6.07) is 8.15. The van der Waals surface area contributed by atoms with Crippen LogP contribution in [0.4, 0.5) is 5.69 Å². The van der Waals surface area contributed by atoms with E-state index in [4.69, 9.17) is 5.11 Å². The van der Waals surface area contributed by atoms with E-state index in [1.165, 1.54) is 22.6 Å². The topological polar surface area (TPSA) is 102 Å². The van der Waals surface area contributed by atoms with Gasteiger partial charge in [-0.1, -0.05) is 29.8 Å². The smallest absolute Gasteiger partial charge is 0.338 e. The Kier molecular flexibility index (Phi) is 4.60. The lowest BCUT2D eigenvalue weighted by Crippen LogP contribution is -2.18. The molecule has 0 spiro atoms. The fourth-order valence-electron chi connectivity index (χ4n) is 2.30. The summed E-state index contributed by atoms with van der Waals surface area (Å²) in [6.07, 6.45) is 5.82. The summed E-state index contributed by atoms with van der Waals surface area (Å²) in [7, 11) is 0. The maximum absolute atomic E-state index is 12.0. The van der Waals surface area contributed by atoms with Crippen molar-refractivity contribution < 1.29 is 14.7 Å². The van der Waals surface area contributed by atoms with Crippen molar-refractivity contribution in [1.29, 1.82) is 0 Å². The van der Waals surface area contributed by atoms with Crippen LogP contribution in [0.3, 0.4) is 0 Å². The van der Waals surface area contributed by atoms with Gasteiger partial charge < -0.3 is 10.4 Å². The summed E-state index contributed by atoms with van der Waals surface area (Å²) in [6.45, 7) is 2.57. The van der Waals surface area contributed by atoms with Crippen molar-refractivity contribution in [3.8, 4) is 0 Å². The zero-order valence-corrected chi connectivity index (χ0v) is 13.6. The summed E-state index contributed by atoms with van der Waals surface area (Å²) in [5.74, 6) is -1.39. The van der Waals surface area contributed by atoms with Crippen molar-refractivity contribution in [1.82, 2.24) is 19.6 Å². The first-order valence-electron chi connectivity index (χ1n) is 7.63. The molecule has 2 aromatic heterocycles. The Morgan fingerprint density at radius 3 is 2.48 bits per heavy atom. The van der Waals surface area contributed by atoms with Crippen LogP contribution in [-0.2, 0) is 17.9 Å². The highest BCUT2D eigenvalue weighted by atomic mass is 16.4. The Labute approximate surface area is 143 Å². The van der Waals surface area contributed by atoms with E-state index in [9.17, 15) is 9.59 Å². The third kappa shape index (κ3) is 4.31. The number of aryl methyl sites for hydroxylation is 1. The molecule has 1 aromatic carbocycles. The molecule has 3 rings (SSSR count). The van der Waals surface area contributed by atoms with E-state index < -0.39 is 5.97 Å². The minimum atomic E-state index is -1.08. The highest BCUT2D eigenvalue weighted by Gasteiger charge is 2.10. The van der Waals surface area contributed by atoms with E-state index in [0.717, 1.165) is 5.56 Å². The van der Waals surface area contributed by atoms with Crippen LogP contribution in [0, 0.1) is 6.92 Å². The number of amides is 1. The summed E-state index contributed by atoms with van der Waals surface area (Å²) in [5.41, 5.74) is 2.92. The number of rotatable bonds is 6. The number of nitrogens with zero attached hydrogens (tertiary/aromatic N) is 4. The zero-order chi connectivity index (χ0) is 17.8. The standard InChI is InChI=1S/C17H17N5O3/c1-12-2-4-13(5-3-12)8-21-10-15(7-19-21)20-16(23)11-22-9-14(6-18-22)17(24)25/h2-7,9-10H,8,11H2,1H3,(H,20,23)(H,24,25). The molecule has 128 valence electrons. The van der Waals surface area contributed by atoms with Crippen LogP contribution in [0.25, 0.3) is 0 Å². The molecule has 0 aliphatic heterocycles. The summed E-state index contributed by atoms with van der Waals surface area (Å²) in [4.78, 5) is 22.8. The van der Waals surface area contributed by atoms with Gasteiger partial charge in [-0.25, -0.2) is 4.79 Å². The number of carboxylic acids is 1. The molecule has 2 N–H and O–H groups in total. The minimum absolute atomic E-state index is 0.0405. The Hall–Kier alpha value is -3.42. The number of benzene rings is 1. The monoisotopic (exact) mass is 339 g/mol. The number of carbonyl (C=O) groups is 2. The molecule has 0 radical (unpaired) electrons. The van der Waals surface area contributed by atoms with Gasteiger partial charge in [0.25, 0.3) is 0 Å². The van der Waals surface area contributed by atoms with Gasteiger partial charge >= 0.3 is 5.97 Å². The second kappa shape index (κ2) is 7.00. The maximum Gasteiger partial charge on any atom is 0.338 e. The molecule has 0 saturated heterocycles. The Morgan fingerprint density at radius 1 is 1.08 bits per heavy atom. The second-order valence-electron chi connectivity index (χ2n) is 5.69. The zero-order valence-electron chi connectivity index (χ0n) is 13.6. The summed E-state index contributed by atoms with van der Waals surface area (Å²) in [5, 5.41) is 19.6. The Morgan fingerprint density at radius 2 is 1.80 bits per heavy atom. The molecule has 0 atom stereocenters. The SMILES string of the molecule is Cc1ccc(Cn2cc(NC(=O)Cn3cc(C(=O)O)cn3)cn2)cc1. The minimum Gasteiger partial charge on any atom is -0.478 e. The quantitative estimate of drug-likeness (QED) is 0.712. The lowest BCUT2D eigenvalue weighted by Gasteiger charge is -2.03. The number of hydrogen-bond acceptors (Lipinski definition) is 4. The lowest BCUT2D eigenvalue weighted by atomic mass is 10.1. The van der Waals surface area contributed by atoms with Crippen molar-refractivity contribution in [2.45, 2.75) is 20.0 Å². The van der Waals surface area contributed by atoms with Gasteiger partial charge in [-0.3, -0.25) is 14.2 Å². The van der Waals surface area contributed by atoms with Crippen LogP contribution in [0.15, 0.2) is 49.1 Å². The lowest BCUT2D eigenvalue weighted by molar-refractivity contribution is -0.116. The van der Waals surface area contributed by atoms with Crippen LogP contribution >= 0.6 is 0 Å². The fourth-order valence-corrected chi connectivity index (χ4v) is 2.30. The number of anilines is 1. The molecule has 8 heteroatoms. The van der Waals surface area contributed by atoms with Crippen LogP contribution in [0.1, 0.15) is 21.5 Å². The molecule has 0 unspecified atom stereocenters. The average molecular weight is 339 g/mol. The number of hydrogen-bond donors (Lipinski definition) is 2. The van der Waals surface area contributed by atoms with Gasteiger partial charge in [-0.2, -0.15) is 10.2 Å². The van der Waals surface area contributed by atoms with Crippen molar-refractivity contribution in [3.63, 3.8) is 0 Å². The van der Waals surface area contributed by atoms with Crippen LogP contribution in [0.2, 0.25) is 0 Å². The molecule has 0 fully saturated rings. The average Bonchev–Trinajstić information content (AvgIpc) is 3.19. The maximum atomic E-state index is 12.0. The molecule has 2 heterocycles.